The molecule has 0 aliphatic carbocycles. The molecule has 7 nitrogen and oxygen atoms in total. The van der Waals surface area contributed by atoms with Crippen LogP contribution in [-0.4, -0.2) is 22.5 Å². The average molecular weight is 445 g/mol. The lowest BCUT2D eigenvalue weighted by atomic mass is 10.2. The highest BCUT2D eigenvalue weighted by molar-refractivity contribution is 6.37. The van der Waals surface area contributed by atoms with E-state index in [0.717, 1.165) is 10.5 Å². The lowest BCUT2D eigenvalue weighted by Gasteiger charge is -2.19. The summed E-state index contributed by atoms with van der Waals surface area (Å²) >= 11 is 12.2. The van der Waals surface area contributed by atoms with Crippen LogP contribution in [0.25, 0.3) is 6.08 Å². The minimum atomic E-state index is -0.762. The largest absolute Gasteiger partial charge is 0.383 e. The molecule has 0 saturated carbocycles. The number of nitrogens with zero attached hydrogens (tertiary/aromatic N) is 2. The summed E-state index contributed by atoms with van der Waals surface area (Å²) in [4.78, 5) is 40.6. The SMILES string of the molecule is CN(C(=O)/C=C/c1c(Cl)cccc1Cl)c1c(N)n(Cc2ccccc2)c(=O)[nH]c1=O. The Morgan fingerprint density at radius 1 is 1.10 bits per heavy atom. The molecule has 3 N–H and O–H groups in total. The number of hydrogen-bond donors (Lipinski definition) is 2. The number of aromatic amines is 1. The summed E-state index contributed by atoms with van der Waals surface area (Å²) in [7, 11) is 1.39. The zero-order valence-corrected chi connectivity index (χ0v) is 17.4. The van der Waals surface area contributed by atoms with Crippen LogP contribution in [0.1, 0.15) is 11.1 Å². The van der Waals surface area contributed by atoms with Gasteiger partial charge in [-0.2, -0.15) is 0 Å². The second-order valence-electron chi connectivity index (χ2n) is 6.43. The van der Waals surface area contributed by atoms with Crippen LogP contribution in [0, 0.1) is 0 Å². The van der Waals surface area contributed by atoms with E-state index in [1.165, 1.54) is 23.8 Å². The molecule has 0 spiro atoms. The first-order valence-corrected chi connectivity index (χ1v) is 9.61. The smallest absolute Gasteiger partial charge is 0.330 e. The molecule has 0 aliphatic heterocycles. The Balaban J connectivity index is 1.95. The molecule has 30 heavy (non-hydrogen) atoms. The Kier molecular flexibility index (Phi) is 6.44. The van der Waals surface area contributed by atoms with Crippen molar-refractivity contribution in [2.45, 2.75) is 6.54 Å². The van der Waals surface area contributed by atoms with E-state index in [0.29, 0.717) is 15.6 Å². The molecule has 0 fully saturated rings. The summed E-state index contributed by atoms with van der Waals surface area (Å²) in [6.45, 7) is 0.141. The Labute approximate surface area is 182 Å². The standard InChI is InChI=1S/C21H18Cl2N4O3/c1-26(17(28)11-10-14-15(22)8-5-9-16(14)23)18-19(24)27(21(30)25-20(18)29)12-13-6-3-2-4-7-13/h2-11H,12,24H2,1H3,(H,25,29,30)/b11-10+. The highest BCUT2D eigenvalue weighted by Crippen LogP contribution is 2.25. The summed E-state index contributed by atoms with van der Waals surface area (Å²) in [5.41, 5.74) is 5.83. The molecular formula is C21H18Cl2N4O3. The maximum Gasteiger partial charge on any atom is 0.330 e. The molecule has 0 saturated heterocycles. The van der Waals surface area contributed by atoms with Gasteiger partial charge in [0.2, 0.25) is 0 Å². The van der Waals surface area contributed by atoms with Gasteiger partial charge in [-0.05, 0) is 23.8 Å². The van der Waals surface area contributed by atoms with Crippen molar-refractivity contribution in [3.05, 3.63) is 96.6 Å². The number of nitrogen functional groups attached to an aromatic ring is 1. The Hall–Kier alpha value is -3.29. The van der Waals surface area contributed by atoms with Crippen molar-refractivity contribution in [2.75, 3.05) is 17.7 Å². The number of rotatable bonds is 5. The van der Waals surface area contributed by atoms with E-state index in [4.69, 9.17) is 28.9 Å². The Morgan fingerprint density at radius 3 is 2.37 bits per heavy atom. The van der Waals surface area contributed by atoms with Gasteiger partial charge >= 0.3 is 5.69 Å². The molecule has 1 heterocycles. The first-order chi connectivity index (χ1) is 14.3. The minimum Gasteiger partial charge on any atom is -0.383 e. The number of halogens is 2. The van der Waals surface area contributed by atoms with Gasteiger partial charge in [0, 0.05) is 28.7 Å². The summed E-state index contributed by atoms with van der Waals surface area (Å²) in [6.07, 6.45) is 2.67. The van der Waals surface area contributed by atoms with Crippen molar-refractivity contribution >= 4 is 46.7 Å². The molecule has 154 valence electrons. The number of likely N-dealkylation sites (N-methyl/N-ethyl adjacent to an activating group) is 1. The van der Waals surface area contributed by atoms with Crippen molar-refractivity contribution in [2.24, 2.45) is 0 Å². The number of carbonyl (C=O) groups is 1. The molecule has 3 rings (SSSR count). The van der Waals surface area contributed by atoms with Gasteiger partial charge in [0.15, 0.2) is 5.69 Å². The maximum absolute atomic E-state index is 12.7. The van der Waals surface area contributed by atoms with Gasteiger partial charge in [0.1, 0.15) is 5.82 Å². The first kappa shape index (κ1) is 21.4. The van der Waals surface area contributed by atoms with Crippen LogP contribution in [0.3, 0.4) is 0 Å². The minimum absolute atomic E-state index is 0.118. The molecule has 2 aromatic carbocycles. The third-order valence-electron chi connectivity index (χ3n) is 4.46. The number of hydrogen-bond acceptors (Lipinski definition) is 4. The highest BCUT2D eigenvalue weighted by Gasteiger charge is 2.20. The Bertz CT molecular complexity index is 1210. The summed E-state index contributed by atoms with van der Waals surface area (Å²) in [6, 6.07) is 14.1. The van der Waals surface area contributed by atoms with Crippen LogP contribution in [0.2, 0.25) is 10.0 Å². The van der Waals surface area contributed by atoms with Gasteiger partial charge in [0.25, 0.3) is 11.5 Å². The molecule has 0 atom stereocenters. The third-order valence-corrected chi connectivity index (χ3v) is 5.12. The predicted molar refractivity (Wildman–Crippen MR) is 120 cm³/mol. The fourth-order valence-electron chi connectivity index (χ4n) is 2.87. The summed E-state index contributed by atoms with van der Waals surface area (Å²) < 4.78 is 1.20. The maximum atomic E-state index is 12.7. The van der Waals surface area contributed by atoms with Crippen LogP contribution < -0.4 is 21.9 Å². The van der Waals surface area contributed by atoms with Crippen molar-refractivity contribution < 1.29 is 4.79 Å². The van der Waals surface area contributed by atoms with Crippen molar-refractivity contribution in [3.8, 4) is 0 Å². The van der Waals surface area contributed by atoms with Gasteiger partial charge in [-0.3, -0.25) is 19.1 Å². The normalized spacial score (nSPS) is 11.0. The molecule has 0 bridgehead atoms. The number of aromatic nitrogens is 2. The number of H-pyrrole nitrogens is 1. The second-order valence-corrected chi connectivity index (χ2v) is 7.25. The molecule has 9 heteroatoms. The summed E-state index contributed by atoms with van der Waals surface area (Å²) in [5.74, 6) is -0.666. The number of anilines is 2. The number of amides is 1. The van der Waals surface area contributed by atoms with Gasteiger partial charge in [-0.15, -0.1) is 0 Å². The summed E-state index contributed by atoms with van der Waals surface area (Å²) in [5, 5.41) is 0.756. The second kappa shape index (κ2) is 9.02. The van der Waals surface area contributed by atoms with Crippen LogP contribution in [0.4, 0.5) is 11.5 Å². The van der Waals surface area contributed by atoms with E-state index in [-0.39, 0.29) is 18.1 Å². The van der Waals surface area contributed by atoms with Gasteiger partial charge < -0.3 is 10.6 Å². The van der Waals surface area contributed by atoms with E-state index in [2.05, 4.69) is 4.98 Å². The number of nitrogens with two attached hydrogens (primary N) is 1. The topological polar surface area (TPSA) is 101 Å². The molecule has 1 aromatic heterocycles. The van der Waals surface area contributed by atoms with Crippen LogP contribution in [0.5, 0.6) is 0 Å². The van der Waals surface area contributed by atoms with Gasteiger partial charge in [-0.25, -0.2) is 4.79 Å². The monoisotopic (exact) mass is 444 g/mol. The zero-order valence-electron chi connectivity index (χ0n) is 15.9. The first-order valence-electron chi connectivity index (χ1n) is 8.86. The molecular weight excluding hydrogens is 427 g/mol. The van der Waals surface area contributed by atoms with Crippen molar-refractivity contribution in [1.82, 2.24) is 9.55 Å². The molecule has 0 unspecified atom stereocenters. The number of benzene rings is 2. The average Bonchev–Trinajstić information content (AvgIpc) is 2.71. The molecule has 0 aliphatic rings. The van der Waals surface area contributed by atoms with Crippen molar-refractivity contribution in [1.29, 1.82) is 0 Å². The lowest BCUT2D eigenvalue weighted by Crippen LogP contribution is -2.39. The van der Waals surface area contributed by atoms with Crippen LogP contribution >= 0.6 is 23.2 Å². The van der Waals surface area contributed by atoms with E-state index < -0.39 is 17.2 Å². The van der Waals surface area contributed by atoms with Gasteiger partial charge in [0.05, 0.1) is 6.54 Å². The Morgan fingerprint density at radius 2 is 1.73 bits per heavy atom. The fourth-order valence-corrected chi connectivity index (χ4v) is 3.39. The van der Waals surface area contributed by atoms with Crippen LogP contribution in [0.15, 0.2) is 64.2 Å². The third kappa shape index (κ3) is 4.48. The molecule has 0 radical (unpaired) electrons. The highest BCUT2D eigenvalue weighted by atomic mass is 35.5. The number of carbonyl (C=O) groups excluding carboxylic acids is 1. The van der Waals surface area contributed by atoms with Gasteiger partial charge in [-0.1, -0.05) is 59.6 Å². The van der Waals surface area contributed by atoms with E-state index in [1.54, 1.807) is 18.2 Å². The van der Waals surface area contributed by atoms with E-state index in [9.17, 15) is 14.4 Å². The quantitative estimate of drug-likeness (QED) is 0.590. The van der Waals surface area contributed by atoms with Crippen LogP contribution in [-0.2, 0) is 11.3 Å². The lowest BCUT2D eigenvalue weighted by molar-refractivity contribution is -0.113. The predicted octanol–water partition coefficient (Wildman–Crippen LogP) is 3.15. The fraction of sp³-hybridized carbons (Fsp3) is 0.0952. The molecule has 3 aromatic rings. The van der Waals surface area contributed by atoms with E-state index in [1.807, 2.05) is 30.3 Å². The number of nitrogens with one attached hydrogen (secondary N) is 1. The zero-order chi connectivity index (χ0) is 21.8. The van der Waals surface area contributed by atoms with Crippen molar-refractivity contribution in [3.63, 3.8) is 0 Å². The van der Waals surface area contributed by atoms with E-state index >= 15 is 0 Å². The molecule has 1 amide bonds.